The van der Waals surface area contributed by atoms with Gasteiger partial charge in [0.25, 0.3) is 0 Å². The molecule has 0 spiro atoms. The van der Waals surface area contributed by atoms with E-state index in [0.717, 1.165) is 0 Å². The zero-order valence-corrected chi connectivity index (χ0v) is 14.7. The van der Waals surface area contributed by atoms with Crippen molar-refractivity contribution in [2.75, 3.05) is 0 Å². The molecule has 0 aliphatic carbocycles. The fourth-order valence-corrected chi connectivity index (χ4v) is 2.05. The fraction of sp³-hybridized carbons (Fsp3) is 0.733. The van der Waals surface area contributed by atoms with Crippen molar-refractivity contribution in [1.29, 1.82) is 0 Å². The molecule has 10 nitrogen and oxygen atoms in total. The Morgan fingerprint density at radius 1 is 1.04 bits per heavy atom. The van der Waals surface area contributed by atoms with Gasteiger partial charge >= 0.3 is 5.97 Å². The molecule has 4 atom stereocenters. The van der Waals surface area contributed by atoms with Crippen molar-refractivity contribution in [3.05, 3.63) is 0 Å². The highest BCUT2D eigenvalue weighted by Crippen LogP contribution is 2.07. The van der Waals surface area contributed by atoms with Crippen molar-refractivity contribution in [2.45, 2.75) is 64.3 Å². The van der Waals surface area contributed by atoms with E-state index in [1.54, 1.807) is 0 Å². The first-order chi connectivity index (χ1) is 11.5. The molecular weight excluding hydrogens is 332 g/mol. The Balaban J connectivity index is 4.98. The Labute approximate surface area is 146 Å². The van der Waals surface area contributed by atoms with E-state index < -0.39 is 47.9 Å². The van der Waals surface area contributed by atoms with Gasteiger partial charge in [-0.2, -0.15) is 0 Å². The number of carbonyl (C=O) groups is 4. The molecule has 0 heterocycles. The second-order valence-corrected chi connectivity index (χ2v) is 6.37. The lowest BCUT2D eigenvalue weighted by Gasteiger charge is -2.24. The van der Waals surface area contributed by atoms with Gasteiger partial charge in [-0.25, -0.2) is 4.79 Å². The van der Waals surface area contributed by atoms with E-state index in [-0.39, 0.29) is 25.2 Å². The van der Waals surface area contributed by atoms with E-state index >= 15 is 0 Å². The van der Waals surface area contributed by atoms with E-state index in [0.29, 0.717) is 0 Å². The summed E-state index contributed by atoms with van der Waals surface area (Å²) >= 11 is 0. The number of primary amides is 1. The Hall–Kier alpha value is -2.20. The maximum atomic E-state index is 12.3. The first-order valence-electron chi connectivity index (χ1n) is 8.01. The van der Waals surface area contributed by atoms with Crippen LogP contribution in [0.5, 0.6) is 0 Å². The SMILES string of the molecule is CC(C)C[C@H](NC(=O)[C@@H](N)CCC(N)=O)C(=O)N[C@H](C(=O)O)[C@@H](C)O. The number of aliphatic carboxylic acids is 1. The Bertz CT molecular complexity index is 494. The zero-order chi connectivity index (χ0) is 19.7. The molecule has 0 aliphatic heterocycles. The number of carboxylic acid groups (broad SMARTS) is 1. The summed E-state index contributed by atoms with van der Waals surface area (Å²) in [5.74, 6) is -3.35. The number of aliphatic hydroxyl groups excluding tert-OH is 1. The molecule has 25 heavy (non-hydrogen) atoms. The number of nitrogens with two attached hydrogens (primary N) is 2. The number of carboxylic acids is 1. The average molecular weight is 360 g/mol. The Morgan fingerprint density at radius 3 is 2.00 bits per heavy atom. The van der Waals surface area contributed by atoms with Crippen molar-refractivity contribution in [3.63, 3.8) is 0 Å². The van der Waals surface area contributed by atoms with Crippen molar-refractivity contribution in [2.24, 2.45) is 17.4 Å². The number of rotatable bonds is 11. The standard InChI is InChI=1S/C15H28N4O6/c1-7(2)6-10(14(23)19-12(8(3)20)15(24)25)18-13(22)9(16)4-5-11(17)21/h7-10,12,20H,4-6,16H2,1-3H3,(H2,17,21)(H,18,22)(H,19,23)(H,24,25)/t8-,9+,10+,12+/m1/s1. The van der Waals surface area contributed by atoms with Crippen LogP contribution in [0.2, 0.25) is 0 Å². The lowest BCUT2D eigenvalue weighted by atomic mass is 10.0. The molecule has 0 bridgehead atoms. The predicted molar refractivity (Wildman–Crippen MR) is 89.0 cm³/mol. The van der Waals surface area contributed by atoms with Gasteiger partial charge in [-0.05, 0) is 25.7 Å². The maximum absolute atomic E-state index is 12.3. The van der Waals surface area contributed by atoms with E-state index in [1.165, 1.54) is 6.92 Å². The largest absolute Gasteiger partial charge is 0.480 e. The summed E-state index contributed by atoms with van der Waals surface area (Å²) in [5.41, 5.74) is 10.7. The first kappa shape index (κ1) is 22.8. The third-order valence-corrected chi connectivity index (χ3v) is 3.42. The molecule has 0 unspecified atom stereocenters. The number of carbonyl (C=O) groups excluding carboxylic acids is 3. The topological polar surface area (TPSA) is 185 Å². The van der Waals surface area contributed by atoms with Gasteiger partial charge in [-0.15, -0.1) is 0 Å². The molecule has 0 saturated heterocycles. The summed E-state index contributed by atoms with van der Waals surface area (Å²) in [6.07, 6.45) is -1.11. The van der Waals surface area contributed by atoms with E-state index in [9.17, 15) is 24.3 Å². The predicted octanol–water partition coefficient (Wildman–Crippen LogP) is -1.94. The van der Waals surface area contributed by atoms with E-state index in [4.69, 9.17) is 16.6 Å². The van der Waals surface area contributed by atoms with Gasteiger partial charge in [0, 0.05) is 6.42 Å². The smallest absolute Gasteiger partial charge is 0.328 e. The quantitative estimate of drug-likeness (QED) is 0.247. The second kappa shape index (κ2) is 10.6. The van der Waals surface area contributed by atoms with Crippen LogP contribution in [0.15, 0.2) is 0 Å². The van der Waals surface area contributed by atoms with Gasteiger partial charge in [0.15, 0.2) is 6.04 Å². The van der Waals surface area contributed by atoms with Gasteiger partial charge in [-0.3, -0.25) is 14.4 Å². The first-order valence-corrected chi connectivity index (χ1v) is 8.01. The molecule has 144 valence electrons. The molecule has 0 fully saturated rings. The van der Waals surface area contributed by atoms with Crippen LogP contribution in [0.25, 0.3) is 0 Å². The number of hydrogen-bond donors (Lipinski definition) is 6. The highest BCUT2D eigenvalue weighted by molar-refractivity contribution is 5.92. The molecule has 8 N–H and O–H groups in total. The second-order valence-electron chi connectivity index (χ2n) is 6.37. The van der Waals surface area contributed by atoms with Crippen molar-refractivity contribution >= 4 is 23.7 Å². The minimum Gasteiger partial charge on any atom is -0.480 e. The monoisotopic (exact) mass is 360 g/mol. The summed E-state index contributed by atoms with van der Waals surface area (Å²) in [6, 6.07) is -3.54. The van der Waals surface area contributed by atoms with Crippen LogP contribution >= 0.6 is 0 Å². The van der Waals surface area contributed by atoms with Crippen LogP contribution in [0.4, 0.5) is 0 Å². The minimum atomic E-state index is -1.50. The number of nitrogens with one attached hydrogen (secondary N) is 2. The molecule has 0 rings (SSSR count). The van der Waals surface area contributed by atoms with Crippen LogP contribution in [0.1, 0.15) is 40.0 Å². The van der Waals surface area contributed by atoms with Gasteiger partial charge < -0.3 is 32.3 Å². The van der Waals surface area contributed by atoms with Crippen LogP contribution in [0.3, 0.4) is 0 Å². The summed E-state index contributed by atoms with van der Waals surface area (Å²) in [5, 5.41) is 23.1. The zero-order valence-electron chi connectivity index (χ0n) is 14.7. The maximum Gasteiger partial charge on any atom is 0.328 e. The third kappa shape index (κ3) is 9.01. The molecular formula is C15H28N4O6. The summed E-state index contributed by atoms with van der Waals surface area (Å²) in [7, 11) is 0. The van der Waals surface area contributed by atoms with Crippen LogP contribution < -0.4 is 22.1 Å². The summed E-state index contributed by atoms with van der Waals surface area (Å²) < 4.78 is 0. The van der Waals surface area contributed by atoms with E-state index in [1.807, 2.05) is 13.8 Å². The molecule has 0 aromatic carbocycles. The molecule has 0 aromatic heterocycles. The van der Waals surface area contributed by atoms with Gasteiger partial charge in [0.05, 0.1) is 12.1 Å². The average Bonchev–Trinajstić information content (AvgIpc) is 2.47. The number of hydrogen-bond acceptors (Lipinski definition) is 6. The van der Waals surface area contributed by atoms with Crippen molar-refractivity contribution in [1.82, 2.24) is 10.6 Å². The third-order valence-electron chi connectivity index (χ3n) is 3.42. The van der Waals surface area contributed by atoms with Gasteiger partial charge in [0.1, 0.15) is 6.04 Å². The van der Waals surface area contributed by atoms with Crippen molar-refractivity contribution < 1.29 is 29.4 Å². The molecule has 10 heteroatoms. The fourth-order valence-electron chi connectivity index (χ4n) is 2.05. The minimum absolute atomic E-state index is 0.0210. The van der Waals surface area contributed by atoms with Crippen LogP contribution in [-0.2, 0) is 19.2 Å². The molecule has 0 saturated carbocycles. The number of aliphatic hydroxyl groups is 1. The lowest BCUT2D eigenvalue weighted by molar-refractivity contribution is -0.145. The highest BCUT2D eigenvalue weighted by atomic mass is 16.4. The Morgan fingerprint density at radius 2 is 1.60 bits per heavy atom. The molecule has 0 aromatic rings. The summed E-state index contributed by atoms with van der Waals surface area (Å²) in [4.78, 5) is 46.2. The van der Waals surface area contributed by atoms with Crippen LogP contribution in [-0.4, -0.2) is 58.1 Å². The summed E-state index contributed by atoms with van der Waals surface area (Å²) in [6.45, 7) is 4.88. The normalized spacial score (nSPS) is 15.8. The Kier molecular flexibility index (Phi) is 9.69. The van der Waals surface area contributed by atoms with E-state index in [2.05, 4.69) is 10.6 Å². The molecule has 3 amide bonds. The van der Waals surface area contributed by atoms with Gasteiger partial charge in [-0.1, -0.05) is 13.8 Å². The molecule has 0 radical (unpaired) electrons. The van der Waals surface area contributed by atoms with Crippen LogP contribution in [0, 0.1) is 5.92 Å². The van der Waals surface area contributed by atoms with Crippen molar-refractivity contribution in [3.8, 4) is 0 Å². The molecule has 0 aliphatic rings. The lowest BCUT2D eigenvalue weighted by Crippen LogP contribution is -2.56. The highest BCUT2D eigenvalue weighted by Gasteiger charge is 2.30. The number of amides is 3. The van der Waals surface area contributed by atoms with Gasteiger partial charge in [0.2, 0.25) is 17.7 Å².